The molecule has 1 atom stereocenters. The van der Waals surface area contributed by atoms with E-state index in [0.29, 0.717) is 46.2 Å². The summed E-state index contributed by atoms with van der Waals surface area (Å²) in [6.45, 7) is 3.87. The van der Waals surface area contributed by atoms with E-state index in [1.165, 1.54) is 0 Å². The van der Waals surface area contributed by atoms with Gasteiger partial charge < -0.3 is 5.73 Å². The van der Waals surface area contributed by atoms with Crippen LogP contribution in [0.5, 0.6) is 0 Å². The number of Topliss-reactive ketones (excluding diaryl/α,β-unsaturated/α-hetero) is 1. The molecule has 0 bridgehead atoms. The normalized spacial score (nSPS) is 18.2. The fraction of sp³-hybridized carbons (Fsp3) is 0.222. The van der Waals surface area contributed by atoms with Gasteiger partial charge in [-0.2, -0.15) is 10.4 Å². The highest BCUT2D eigenvalue weighted by molar-refractivity contribution is 6.31. The second-order valence-electron chi connectivity index (χ2n) is 8.69. The number of hydrogen-bond donors (Lipinski definition) is 1. The van der Waals surface area contributed by atoms with Gasteiger partial charge in [0.05, 0.1) is 28.9 Å². The maximum absolute atomic E-state index is 13.4. The van der Waals surface area contributed by atoms with E-state index in [9.17, 15) is 10.1 Å². The molecule has 1 aliphatic carbocycles. The third-order valence-electron chi connectivity index (χ3n) is 6.54. The molecule has 2 N–H and O–H groups in total. The summed E-state index contributed by atoms with van der Waals surface area (Å²) in [7, 11) is 0. The summed E-state index contributed by atoms with van der Waals surface area (Å²) in [4.78, 5) is 15.2. The standard InChI is InChI=1S/C27H24ClN5O/c1-16-11-13-19(14-12-16)33-26(28)23(17(2)31-33)24-20(15-29)27(30)32(18-7-4-3-5-8-18)21-9-6-10-22(34)25(21)24/h3-5,7-8,11-14,24H,6,9-10,30H2,1-2H3. The number of para-hydroxylation sites is 1. The number of rotatable bonds is 3. The highest BCUT2D eigenvalue weighted by Crippen LogP contribution is 2.48. The van der Waals surface area contributed by atoms with Gasteiger partial charge in [0.25, 0.3) is 0 Å². The smallest absolute Gasteiger partial charge is 0.161 e. The molecule has 7 heteroatoms. The molecule has 0 spiro atoms. The van der Waals surface area contributed by atoms with Crippen molar-refractivity contribution in [3.8, 4) is 11.8 Å². The van der Waals surface area contributed by atoms with Gasteiger partial charge in [0.1, 0.15) is 11.0 Å². The molecule has 0 radical (unpaired) electrons. The lowest BCUT2D eigenvalue weighted by Gasteiger charge is -2.39. The highest BCUT2D eigenvalue weighted by Gasteiger charge is 2.42. The molecular weight excluding hydrogens is 446 g/mol. The van der Waals surface area contributed by atoms with Crippen LogP contribution in [0, 0.1) is 25.2 Å². The Kier molecular flexibility index (Phi) is 5.51. The van der Waals surface area contributed by atoms with Crippen molar-refractivity contribution in [2.24, 2.45) is 5.73 Å². The van der Waals surface area contributed by atoms with E-state index in [0.717, 1.165) is 29.1 Å². The van der Waals surface area contributed by atoms with Crippen molar-refractivity contribution in [3.63, 3.8) is 0 Å². The highest BCUT2D eigenvalue weighted by atomic mass is 35.5. The van der Waals surface area contributed by atoms with Crippen molar-refractivity contribution in [3.05, 3.63) is 99.2 Å². The summed E-state index contributed by atoms with van der Waals surface area (Å²) in [6, 6.07) is 19.8. The largest absolute Gasteiger partial charge is 0.384 e. The SMILES string of the molecule is Cc1ccc(-n2nc(C)c(C3C(C#N)=C(N)N(c4ccccc4)C4=C3C(=O)CCC4)c2Cl)cc1. The number of carbonyl (C=O) groups is 1. The summed E-state index contributed by atoms with van der Waals surface area (Å²) in [5, 5.41) is 15.3. The van der Waals surface area contributed by atoms with Crippen molar-refractivity contribution < 1.29 is 4.79 Å². The van der Waals surface area contributed by atoms with Crippen molar-refractivity contribution in [2.45, 2.75) is 39.0 Å². The molecule has 1 unspecified atom stereocenters. The second kappa shape index (κ2) is 8.51. The van der Waals surface area contributed by atoms with Crippen molar-refractivity contribution >= 4 is 23.1 Å². The van der Waals surface area contributed by atoms with Gasteiger partial charge in [-0.25, -0.2) is 4.68 Å². The lowest BCUT2D eigenvalue weighted by atomic mass is 9.75. The number of aromatic nitrogens is 2. The molecule has 5 rings (SSSR count). The number of halogens is 1. The fourth-order valence-corrected chi connectivity index (χ4v) is 5.32. The molecule has 6 nitrogen and oxygen atoms in total. The van der Waals surface area contributed by atoms with Gasteiger partial charge in [-0.3, -0.25) is 9.69 Å². The van der Waals surface area contributed by atoms with Crippen LogP contribution in [0.15, 0.2) is 77.3 Å². The van der Waals surface area contributed by atoms with Crippen LogP contribution < -0.4 is 10.6 Å². The summed E-state index contributed by atoms with van der Waals surface area (Å²) in [5.41, 5.74) is 12.5. The number of benzene rings is 2. The number of ketones is 1. The quantitative estimate of drug-likeness (QED) is 0.551. The van der Waals surface area contributed by atoms with Crippen LogP contribution in [0.4, 0.5) is 5.69 Å². The van der Waals surface area contributed by atoms with Gasteiger partial charge in [0.2, 0.25) is 0 Å². The number of carbonyl (C=O) groups excluding carboxylic acids is 1. The first-order chi connectivity index (χ1) is 16.4. The maximum atomic E-state index is 13.4. The Bertz CT molecular complexity index is 1390. The summed E-state index contributed by atoms with van der Waals surface area (Å²) in [6.07, 6.45) is 1.85. The molecule has 0 saturated heterocycles. The van der Waals surface area contributed by atoms with Gasteiger partial charge in [-0.15, -0.1) is 0 Å². The number of hydrogen-bond acceptors (Lipinski definition) is 5. The monoisotopic (exact) mass is 469 g/mol. The summed E-state index contributed by atoms with van der Waals surface area (Å²) in [5.74, 6) is -0.309. The van der Waals surface area contributed by atoms with Crippen LogP contribution >= 0.6 is 11.6 Å². The van der Waals surface area contributed by atoms with E-state index in [4.69, 9.17) is 17.3 Å². The van der Waals surface area contributed by atoms with E-state index in [2.05, 4.69) is 11.2 Å². The number of nitrogens with two attached hydrogens (primary N) is 1. The Morgan fingerprint density at radius 1 is 1.06 bits per heavy atom. The van der Waals surface area contributed by atoms with Gasteiger partial charge in [-0.05, 0) is 51.0 Å². The lowest BCUT2D eigenvalue weighted by molar-refractivity contribution is -0.116. The Labute approximate surface area is 203 Å². The van der Waals surface area contributed by atoms with Gasteiger partial charge in [0.15, 0.2) is 5.78 Å². The van der Waals surface area contributed by atoms with Crippen molar-refractivity contribution in [1.29, 1.82) is 5.26 Å². The maximum Gasteiger partial charge on any atom is 0.161 e. The number of nitriles is 1. The van der Waals surface area contributed by atoms with E-state index in [-0.39, 0.29) is 5.78 Å². The van der Waals surface area contributed by atoms with Crippen molar-refractivity contribution in [1.82, 2.24) is 9.78 Å². The molecule has 2 aromatic carbocycles. The van der Waals surface area contributed by atoms with Gasteiger partial charge in [0, 0.05) is 28.9 Å². The minimum absolute atomic E-state index is 0.0194. The Morgan fingerprint density at radius 2 is 1.76 bits per heavy atom. The van der Waals surface area contributed by atoms with Crippen LogP contribution in [0.1, 0.15) is 42.0 Å². The predicted molar refractivity (Wildman–Crippen MR) is 132 cm³/mol. The number of anilines is 1. The second-order valence-corrected chi connectivity index (χ2v) is 9.05. The van der Waals surface area contributed by atoms with Crippen LogP contribution in [-0.4, -0.2) is 15.6 Å². The average Bonchev–Trinajstić information content (AvgIpc) is 3.13. The van der Waals surface area contributed by atoms with Crippen LogP contribution in [-0.2, 0) is 4.79 Å². The van der Waals surface area contributed by atoms with E-state index >= 15 is 0 Å². The topological polar surface area (TPSA) is 87.9 Å². The molecule has 2 aliphatic rings. The molecular formula is C27H24ClN5O. The van der Waals surface area contributed by atoms with Crippen LogP contribution in [0.3, 0.4) is 0 Å². The molecule has 0 saturated carbocycles. The third-order valence-corrected chi connectivity index (χ3v) is 6.91. The third kappa shape index (κ3) is 3.41. The fourth-order valence-electron chi connectivity index (χ4n) is 4.94. The minimum Gasteiger partial charge on any atom is -0.384 e. The molecule has 0 fully saturated rings. The van der Waals surface area contributed by atoms with E-state index < -0.39 is 5.92 Å². The first-order valence-corrected chi connectivity index (χ1v) is 11.6. The number of nitrogens with zero attached hydrogens (tertiary/aromatic N) is 4. The number of allylic oxidation sites excluding steroid dienone is 3. The summed E-state index contributed by atoms with van der Waals surface area (Å²) >= 11 is 6.92. The molecule has 2 heterocycles. The Balaban J connectivity index is 1.74. The molecule has 34 heavy (non-hydrogen) atoms. The first-order valence-electron chi connectivity index (χ1n) is 11.3. The van der Waals surface area contributed by atoms with E-state index in [1.54, 1.807) is 4.68 Å². The summed E-state index contributed by atoms with van der Waals surface area (Å²) < 4.78 is 1.66. The zero-order valence-corrected chi connectivity index (χ0v) is 19.8. The molecule has 1 aromatic heterocycles. The molecule has 170 valence electrons. The lowest BCUT2D eigenvalue weighted by Crippen LogP contribution is -2.38. The zero-order chi connectivity index (χ0) is 24.0. The van der Waals surface area contributed by atoms with Gasteiger partial charge in [-0.1, -0.05) is 47.5 Å². The average molecular weight is 470 g/mol. The van der Waals surface area contributed by atoms with Crippen molar-refractivity contribution in [2.75, 3.05) is 4.90 Å². The Morgan fingerprint density at radius 3 is 2.44 bits per heavy atom. The van der Waals surface area contributed by atoms with Crippen LogP contribution in [0.25, 0.3) is 5.69 Å². The zero-order valence-electron chi connectivity index (χ0n) is 19.0. The minimum atomic E-state index is -0.653. The predicted octanol–water partition coefficient (Wildman–Crippen LogP) is 5.45. The number of aryl methyl sites for hydroxylation is 2. The molecule has 1 aliphatic heterocycles. The van der Waals surface area contributed by atoms with E-state index in [1.807, 2.05) is 73.3 Å². The molecule has 3 aromatic rings. The Hall–Kier alpha value is -3.82. The van der Waals surface area contributed by atoms with Gasteiger partial charge >= 0.3 is 0 Å². The molecule has 0 amide bonds. The van der Waals surface area contributed by atoms with Crippen LogP contribution in [0.2, 0.25) is 5.15 Å². The first kappa shape index (κ1) is 22.0.